The van der Waals surface area contributed by atoms with Gasteiger partial charge in [0.2, 0.25) is 5.75 Å². The zero-order chi connectivity index (χ0) is 30.2. The molecule has 0 saturated carbocycles. The van der Waals surface area contributed by atoms with Crippen LogP contribution in [-0.4, -0.2) is 106 Å². The normalized spacial score (nSPS) is 26.1. The first-order valence-corrected chi connectivity index (χ1v) is 14.4. The van der Waals surface area contributed by atoms with Gasteiger partial charge in [-0.3, -0.25) is 9.80 Å². The Labute approximate surface area is 249 Å². The molecule has 0 aliphatic carbocycles. The number of piperazine rings is 1. The number of fused-ring (bicyclic) bond motifs is 3. The lowest BCUT2D eigenvalue weighted by Crippen LogP contribution is -2.58. The van der Waals surface area contributed by atoms with Crippen molar-refractivity contribution in [2.45, 2.75) is 43.1 Å². The minimum absolute atomic E-state index is 0.0119. The number of rotatable bonds is 7. The number of hydrogen-bond acceptors (Lipinski definition) is 11. The van der Waals surface area contributed by atoms with Crippen LogP contribution in [-0.2, 0) is 16.0 Å². The molecule has 2 saturated heterocycles. The highest BCUT2D eigenvalue weighted by Crippen LogP contribution is 2.52. The van der Waals surface area contributed by atoms with Crippen molar-refractivity contribution in [1.29, 1.82) is 0 Å². The minimum Gasteiger partial charge on any atom is -0.504 e. The molecule has 11 nitrogen and oxygen atoms in total. The van der Waals surface area contributed by atoms with Crippen molar-refractivity contribution in [2.24, 2.45) is 0 Å². The first-order chi connectivity index (χ1) is 20.8. The predicted molar refractivity (Wildman–Crippen MR) is 154 cm³/mol. The van der Waals surface area contributed by atoms with Gasteiger partial charge in [0.05, 0.1) is 25.3 Å². The number of nitrogens with zero attached hydrogens (tertiary/aromatic N) is 2. The highest BCUT2D eigenvalue weighted by Gasteiger charge is 2.53. The number of aliphatic hydroxyl groups excluding tert-OH is 3. The van der Waals surface area contributed by atoms with Crippen LogP contribution in [0.3, 0.4) is 0 Å². The van der Waals surface area contributed by atoms with Gasteiger partial charge < -0.3 is 39.7 Å². The summed E-state index contributed by atoms with van der Waals surface area (Å²) in [5.41, 5.74) is 2.49. The molecule has 11 heteroatoms. The maximum atomic E-state index is 13.4. The molecule has 5 N–H and O–H groups in total. The third kappa shape index (κ3) is 5.22. The third-order valence-corrected chi connectivity index (χ3v) is 8.73. The number of benzene rings is 3. The van der Waals surface area contributed by atoms with Gasteiger partial charge in [-0.25, -0.2) is 4.79 Å². The minimum atomic E-state index is -1.56. The fraction of sp³-hybridized carbons (Fsp3) is 0.406. The molecular weight excluding hydrogens is 556 g/mol. The molecule has 228 valence electrons. The number of phenols is 2. The van der Waals surface area contributed by atoms with E-state index in [2.05, 4.69) is 34.1 Å². The Morgan fingerprint density at radius 3 is 2.07 bits per heavy atom. The largest absolute Gasteiger partial charge is 0.504 e. The molecule has 3 aromatic rings. The van der Waals surface area contributed by atoms with Crippen LogP contribution in [0.1, 0.15) is 44.8 Å². The van der Waals surface area contributed by atoms with Crippen molar-refractivity contribution >= 4 is 5.97 Å². The fourth-order valence-corrected chi connectivity index (χ4v) is 6.55. The highest BCUT2D eigenvalue weighted by atomic mass is 16.6. The van der Waals surface area contributed by atoms with Gasteiger partial charge in [0.15, 0.2) is 17.6 Å². The van der Waals surface area contributed by atoms with Crippen molar-refractivity contribution in [1.82, 2.24) is 9.80 Å². The molecule has 0 spiro atoms. The lowest BCUT2D eigenvalue weighted by atomic mass is 9.84. The highest BCUT2D eigenvalue weighted by molar-refractivity contribution is 5.97. The maximum absolute atomic E-state index is 13.4. The summed E-state index contributed by atoms with van der Waals surface area (Å²) in [6.45, 7) is 2.23. The molecule has 0 amide bonds. The third-order valence-electron chi connectivity index (χ3n) is 8.73. The van der Waals surface area contributed by atoms with E-state index in [1.165, 1.54) is 18.2 Å². The van der Waals surface area contributed by atoms with Crippen LogP contribution in [0.5, 0.6) is 17.2 Å². The van der Waals surface area contributed by atoms with Crippen LogP contribution in [0.4, 0.5) is 0 Å². The Bertz CT molecular complexity index is 1410. The van der Waals surface area contributed by atoms with E-state index in [0.29, 0.717) is 26.2 Å². The van der Waals surface area contributed by atoms with Crippen LogP contribution in [0.25, 0.3) is 0 Å². The average molecular weight is 593 g/mol. The number of esters is 1. The van der Waals surface area contributed by atoms with Crippen molar-refractivity contribution in [3.63, 3.8) is 0 Å². The maximum Gasteiger partial charge on any atom is 0.339 e. The second-order valence-corrected chi connectivity index (χ2v) is 11.2. The Balaban J connectivity index is 1.29. The second kappa shape index (κ2) is 12.1. The van der Waals surface area contributed by atoms with Crippen molar-refractivity contribution in [3.8, 4) is 17.2 Å². The molecule has 3 aromatic carbocycles. The summed E-state index contributed by atoms with van der Waals surface area (Å²) in [5, 5.41) is 53.0. The molecule has 0 aromatic heterocycles. The van der Waals surface area contributed by atoms with Gasteiger partial charge in [0, 0.05) is 43.9 Å². The Morgan fingerprint density at radius 2 is 1.51 bits per heavy atom. The second-order valence-electron chi connectivity index (χ2n) is 11.2. The Hall–Kier alpha value is -3.71. The van der Waals surface area contributed by atoms with Gasteiger partial charge in [0.1, 0.15) is 24.4 Å². The number of ether oxygens (including phenoxy) is 3. The van der Waals surface area contributed by atoms with Crippen LogP contribution >= 0.6 is 0 Å². The van der Waals surface area contributed by atoms with E-state index in [4.69, 9.17) is 14.2 Å². The van der Waals surface area contributed by atoms with Gasteiger partial charge in [-0.05, 0) is 11.1 Å². The van der Waals surface area contributed by atoms with E-state index in [-0.39, 0.29) is 35.0 Å². The van der Waals surface area contributed by atoms with Crippen LogP contribution in [0.2, 0.25) is 0 Å². The standard InChI is InChI=1S/C32H36N2O9/c1-41-30-25(36)20(22-23(27(30)38)29-31(43-32(22)40)28(39)26(37)21(17-35)42-29)16-33-12-14-34(15-13-33)24(18-8-4-2-5-9-18)19-10-6-3-7-11-19/h2-11,21,24,26,28-29,31,35-39H,12-17H2,1H3/t21-,26-,28+,29?,31?/m0/s1. The topological polar surface area (TPSA) is 152 Å². The summed E-state index contributed by atoms with van der Waals surface area (Å²) in [4.78, 5) is 17.9. The zero-order valence-corrected chi connectivity index (χ0v) is 23.7. The van der Waals surface area contributed by atoms with E-state index < -0.39 is 54.6 Å². The molecule has 0 bridgehead atoms. The molecule has 5 atom stereocenters. The summed E-state index contributed by atoms with van der Waals surface area (Å²) < 4.78 is 16.7. The van der Waals surface area contributed by atoms with Crippen molar-refractivity contribution in [3.05, 3.63) is 88.5 Å². The fourth-order valence-electron chi connectivity index (χ4n) is 6.55. The number of carbonyl (C=O) groups is 1. The van der Waals surface area contributed by atoms with Gasteiger partial charge in [-0.1, -0.05) is 60.7 Å². The number of aliphatic hydroxyl groups is 3. The zero-order valence-electron chi connectivity index (χ0n) is 23.7. The molecule has 43 heavy (non-hydrogen) atoms. The summed E-state index contributed by atoms with van der Waals surface area (Å²) in [7, 11) is 1.28. The lowest BCUT2D eigenvalue weighted by Gasteiger charge is -2.45. The van der Waals surface area contributed by atoms with Gasteiger partial charge in [-0.15, -0.1) is 0 Å². The molecule has 3 aliphatic rings. The summed E-state index contributed by atoms with van der Waals surface area (Å²) in [6, 6.07) is 20.7. The number of phenolic OH excluding ortho intramolecular Hbond substituents is 2. The lowest BCUT2D eigenvalue weighted by molar-refractivity contribution is -0.235. The Morgan fingerprint density at radius 1 is 0.907 bits per heavy atom. The number of methoxy groups -OCH3 is 1. The number of carbonyl (C=O) groups excluding carboxylic acids is 1. The molecule has 3 aliphatic heterocycles. The number of hydrogen-bond donors (Lipinski definition) is 5. The van der Waals surface area contributed by atoms with Gasteiger partial charge in [-0.2, -0.15) is 0 Å². The van der Waals surface area contributed by atoms with Crippen LogP contribution in [0, 0.1) is 0 Å². The Kier molecular flexibility index (Phi) is 8.27. The molecule has 3 heterocycles. The summed E-state index contributed by atoms with van der Waals surface area (Å²) in [6.07, 6.45) is -6.79. The molecular formula is C32H36N2O9. The summed E-state index contributed by atoms with van der Waals surface area (Å²) in [5.74, 6) is -2.02. The van der Waals surface area contributed by atoms with Gasteiger partial charge >= 0.3 is 5.97 Å². The van der Waals surface area contributed by atoms with E-state index in [1.807, 2.05) is 36.4 Å². The predicted octanol–water partition coefficient (Wildman–Crippen LogP) is 1.71. The smallest absolute Gasteiger partial charge is 0.339 e. The van der Waals surface area contributed by atoms with Gasteiger partial charge in [0.25, 0.3) is 0 Å². The van der Waals surface area contributed by atoms with Crippen molar-refractivity contribution < 1.29 is 44.5 Å². The van der Waals surface area contributed by atoms with E-state index in [0.717, 1.165) is 0 Å². The van der Waals surface area contributed by atoms with Crippen LogP contribution < -0.4 is 4.74 Å². The van der Waals surface area contributed by atoms with Crippen molar-refractivity contribution in [2.75, 3.05) is 39.9 Å². The van der Waals surface area contributed by atoms with Crippen LogP contribution in [0.15, 0.2) is 60.7 Å². The SMILES string of the molecule is COc1c(O)c(CN2CCN(C(c3ccccc3)c3ccccc3)CC2)c2c(c1O)C1O[C@@H](CO)[C@H](O)[C@@H](O)C1OC2=O. The molecule has 2 fully saturated rings. The average Bonchev–Trinajstić information content (AvgIpc) is 3.03. The number of aromatic hydroxyl groups is 2. The molecule has 2 unspecified atom stereocenters. The first kappa shape index (κ1) is 29.4. The molecule has 6 rings (SSSR count). The first-order valence-electron chi connectivity index (χ1n) is 14.4. The van der Waals surface area contributed by atoms with E-state index >= 15 is 0 Å². The molecule has 0 radical (unpaired) electrons. The quantitative estimate of drug-likeness (QED) is 0.255. The van der Waals surface area contributed by atoms with E-state index in [9.17, 15) is 30.3 Å². The van der Waals surface area contributed by atoms with E-state index in [1.54, 1.807) is 0 Å². The summed E-state index contributed by atoms with van der Waals surface area (Å²) >= 11 is 0. The monoisotopic (exact) mass is 592 g/mol.